The van der Waals surface area contributed by atoms with Gasteiger partial charge in [0.05, 0.1) is 6.61 Å². The summed E-state index contributed by atoms with van der Waals surface area (Å²) in [5, 5.41) is 0. The van der Waals surface area contributed by atoms with Gasteiger partial charge in [-0.15, -0.1) is 0 Å². The predicted molar refractivity (Wildman–Crippen MR) is 82.3 cm³/mol. The molecule has 2 N–H and O–H groups in total. The molecule has 3 nitrogen and oxygen atoms in total. The Bertz CT molecular complexity index is 396. The van der Waals surface area contributed by atoms with E-state index in [4.69, 9.17) is 22.7 Å². The van der Waals surface area contributed by atoms with Crippen LogP contribution in [0, 0.1) is 0 Å². The normalized spacial score (nSPS) is 20.3. The number of hydrogen-bond donors (Lipinski definition) is 1. The Balaban J connectivity index is 1.64. The van der Waals surface area contributed by atoms with Crippen LogP contribution in [0.25, 0.3) is 0 Å². The van der Waals surface area contributed by atoms with Crippen LogP contribution in [0.5, 0.6) is 0 Å². The Hall–Kier alpha value is -0.970. The Kier molecular flexibility index (Phi) is 5.76. The lowest BCUT2D eigenvalue weighted by Crippen LogP contribution is -2.47. The Morgan fingerprint density at radius 3 is 2.84 bits per heavy atom. The largest absolute Gasteiger partial charge is 0.391 e. The molecular formula is C15H22N2OS. The van der Waals surface area contributed by atoms with E-state index in [2.05, 4.69) is 35.2 Å². The summed E-state index contributed by atoms with van der Waals surface area (Å²) in [6, 6.07) is 10.6. The Morgan fingerprint density at radius 2 is 2.11 bits per heavy atom. The van der Waals surface area contributed by atoms with E-state index in [9.17, 15) is 0 Å². The first kappa shape index (κ1) is 14.4. The van der Waals surface area contributed by atoms with E-state index in [0.29, 0.717) is 4.99 Å². The summed E-state index contributed by atoms with van der Waals surface area (Å²) in [5.41, 5.74) is 7.06. The molecule has 0 radical (unpaired) electrons. The first-order valence-electron chi connectivity index (χ1n) is 6.93. The van der Waals surface area contributed by atoms with Crippen LogP contribution < -0.4 is 5.73 Å². The number of ether oxygens (including phenoxy) is 1. The summed E-state index contributed by atoms with van der Waals surface area (Å²) in [6.45, 7) is 3.68. The fourth-order valence-corrected chi connectivity index (χ4v) is 2.53. The maximum atomic E-state index is 5.64. The molecule has 1 aromatic rings. The van der Waals surface area contributed by atoms with Crippen LogP contribution in [-0.2, 0) is 11.2 Å². The summed E-state index contributed by atoms with van der Waals surface area (Å²) >= 11 is 4.99. The second-order valence-electron chi connectivity index (χ2n) is 5.01. The van der Waals surface area contributed by atoms with Crippen LogP contribution in [0.2, 0.25) is 0 Å². The number of unbranched alkanes of at least 4 members (excludes halogenated alkanes) is 1. The van der Waals surface area contributed by atoms with Gasteiger partial charge in [0.15, 0.2) is 0 Å². The van der Waals surface area contributed by atoms with Crippen LogP contribution in [0.3, 0.4) is 0 Å². The maximum absolute atomic E-state index is 5.64. The molecule has 104 valence electrons. The lowest BCUT2D eigenvalue weighted by atomic mass is 10.1. The smallest absolute Gasteiger partial charge is 0.120 e. The van der Waals surface area contributed by atoms with Crippen molar-refractivity contribution in [3.05, 3.63) is 35.9 Å². The zero-order valence-corrected chi connectivity index (χ0v) is 12.1. The van der Waals surface area contributed by atoms with Gasteiger partial charge in [-0.05, 0) is 31.4 Å². The van der Waals surface area contributed by atoms with Crippen molar-refractivity contribution >= 4 is 17.2 Å². The van der Waals surface area contributed by atoms with E-state index in [1.54, 1.807) is 0 Å². The van der Waals surface area contributed by atoms with E-state index in [0.717, 1.165) is 32.7 Å². The molecule has 1 aliphatic heterocycles. The molecule has 2 rings (SSSR count). The summed E-state index contributed by atoms with van der Waals surface area (Å²) in [6.07, 6.45) is 3.53. The molecule has 1 aromatic carbocycles. The third-order valence-corrected chi connectivity index (χ3v) is 3.76. The van der Waals surface area contributed by atoms with Crippen LogP contribution in [0.15, 0.2) is 30.3 Å². The molecule has 0 aromatic heterocycles. The highest BCUT2D eigenvalue weighted by Gasteiger charge is 2.21. The van der Waals surface area contributed by atoms with Crippen molar-refractivity contribution in [2.24, 2.45) is 5.73 Å². The summed E-state index contributed by atoms with van der Waals surface area (Å²) in [7, 11) is 0. The van der Waals surface area contributed by atoms with Gasteiger partial charge in [-0.25, -0.2) is 0 Å². The maximum Gasteiger partial charge on any atom is 0.120 e. The zero-order valence-electron chi connectivity index (χ0n) is 11.3. The molecule has 1 atom stereocenters. The van der Waals surface area contributed by atoms with Gasteiger partial charge in [-0.1, -0.05) is 42.5 Å². The average Bonchev–Trinajstić information content (AvgIpc) is 2.45. The molecular weight excluding hydrogens is 256 g/mol. The number of benzene rings is 1. The minimum atomic E-state index is -0.0575. The van der Waals surface area contributed by atoms with Crippen LogP contribution in [0.1, 0.15) is 18.4 Å². The molecule has 1 saturated heterocycles. The number of morpholine rings is 1. The van der Waals surface area contributed by atoms with E-state index < -0.39 is 0 Å². The highest BCUT2D eigenvalue weighted by molar-refractivity contribution is 7.80. The summed E-state index contributed by atoms with van der Waals surface area (Å²) in [4.78, 5) is 2.88. The van der Waals surface area contributed by atoms with Crippen molar-refractivity contribution in [2.45, 2.75) is 25.4 Å². The molecule has 0 spiro atoms. The SMILES string of the molecule is NC(=S)C1CN(CCCCc2ccccc2)CCO1. The molecule has 1 fully saturated rings. The number of nitrogens with zero attached hydrogens (tertiary/aromatic N) is 1. The molecule has 0 bridgehead atoms. The summed E-state index contributed by atoms with van der Waals surface area (Å²) < 4.78 is 5.54. The monoisotopic (exact) mass is 278 g/mol. The van der Waals surface area contributed by atoms with Gasteiger partial charge in [-0.3, -0.25) is 4.90 Å². The van der Waals surface area contributed by atoms with Crippen molar-refractivity contribution in [3.8, 4) is 0 Å². The molecule has 1 unspecified atom stereocenters. The quantitative estimate of drug-likeness (QED) is 0.638. The molecule has 1 heterocycles. The predicted octanol–water partition coefficient (Wildman–Crippen LogP) is 2.00. The topological polar surface area (TPSA) is 38.5 Å². The van der Waals surface area contributed by atoms with Gasteiger partial charge >= 0.3 is 0 Å². The van der Waals surface area contributed by atoms with E-state index in [1.807, 2.05) is 0 Å². The van der Waals surface area contributed by atoms with Crippen molar-refractivity contribution in [1.82, 2.24) is 4.90 Å². The lowest BCUT2D eigenvalue weighted by Gasteiger charge is -2.32. The van der Waals surface area contributed by atoms with Gasteiger partial charge in [0.25, 0.3) is 0 Å². The van der Waals surface area contributed by atoms with Crippen LogP contribution in [-0.4, -0.2) is 42.2 Å². The van der Waals surface area contributed by atoms with Crippen molar-refractivity contribution < 1.29 is 4.74 Å². The van der Waals surface area contributed by atoms with E-state index in [-0.39, 0.29) is 6.10 Å². The minimum absolute atomic E-state index is 0.0575. The van der Waals surface area contributed by atoms with Crippen LogP contribution >= 0.6 is 12.2 Å². The third kappa shape index (κ3) is 4.90. The Morgan fingerprint density at radius 1 is 1.32 bits per heavy atom. The lowest BCUT2D eigenvalue weighted by molar-refractivity contribution is 0.00674. The number of thiocarbonyl (C=S) groups is 1. The Labute approximate surface area is 120 Å². The highest BCUT2D eigenvalue weighted by atomic mass is 32.1. The van der Waals surface area contributed by atoms with Gasteiger partial charge in [0, 0.05) is 13.1 Å². The minimum Gasteiger partial charge on any atom is -0.391 e. The van der Waals surface area contributed by atoms with Crippen molar-refractivity contribution in [1.29, 1.82) is 0 Å². The molecule has 19 heavy (non-hydrogen) atoms. The van der Waals surface area contributed by atoms with Crippen molar-refractivity contribution in [2.75, 3.05) is 26.2 Å². The molecule has 0 aliphatic carbocycles. The van der Waals surface area contributed by atoms with Crippen molar-refractivity contribution in [3.63, 3.8) is 0 Å². The number of aryl methyl sites for hydroxylation is 1. The highest BCUT2D eigenvalue weighted by Crippen LogP contribution is 2.09. The first-order chi connectivity index (χ1) is 9.25. The van der Waals surface area contributed by atoms with E-state index >= 15 is 0 Å². The van der Waals surface area contributed by atoms with Gasteiger partial charge in [0.2, 0.25) is 0 Å². The second-order valence-corrected chi connectivity index (χ2v) is 5.48. The fraction of sp³-hybridized carbons (Fsp3) is 0.533. The number of hydrogen-bond acceptors (Lipinski definition) is 3. The molecule has 4 heteroatoms. The van der Waals surface area contributed by atoms with Gasteiger partial charge in [0.1, 0.15) is 11.1 Å². The van der Waals surface area contributed by atoms with E-state index in [1.165, 1.54) is 18.4 Å². The van der Waals surface area contributed by atoms with Crippen LogP contribution in [0.4, 0.5) is 0 Å². The molecule has 1 aliphatic rings. The first-order valence-corrected chi connectivity index (χ1v) is 7.34. The van der Waals surface area contributed by atoms with Gasteiger partial charge in [-0.2, -0.15) is 0 Å². The average molecular weight is 278 g/mol. The standard InChI is InChI=1S/C15H22N2OS/c16-15(19)14-12-17(10-11-18-14)9-5-4-8-13-6-2-1-3-7-13/h1-3,6-7,14H,4-5,8-12H2,(H2,16,19). The fourth-order valence-electron chi connectivity index (χ4n) is 2.39. The zero-order chi connectivity index (χ0) is 13.5. The molecule has 0 saturated carbocycles. The summed E-state index contributed by atoms with van der Waals surface area (Å²) in [5.74, 6) is 0. The number of rotatable bonds is 6. The second kappa shape index (κ2) is 7.58. The number of nitrogens with two attached hydrogens (primary N) is 1. The van der Waals surface area contributed by atoms with Gasteiger partial charge < -0.3 is 10.5 Å². The third-order valence-electron chi connectivity index (χ3n) is 3.50. The molecule has 0 amide bonds.